The van der Waals surface area contributed by atoms with Crippen LogP contribution >= 0.6 is 11.3 Å². The Kier molecular flexibility index (Phi) is 7.50. The zero-order chi connectivity index (χ0) is 24.2. The van der Waals surface area contributed by atoms with Gasteiger partial charge >= 0.3 is 6.09 Å². The molecule has 2 amide bonds. The number of nitrogens with one attached hydrogen (secondary N) is 1. The van der Waals surface area contributed by atoms with Crippen LogP contribution in [0.3, 0.4) is 0 Å². The molecule has 180 valence electrons. The number of piperidine rings is 1. The van der Waals surface area contributed by atoms with Crippen molar-refractivity contribution in [1.29, 1.82) is 0 Å². The van der Waals surface area contributed by atoms with Crippen LogP contribution in [0.4, 0.5) is 16.2 Å². The van der Waals surface area contributed by atoms with Crippen LogP contribution < -0.4 is 9.62 Å². The zero-order valence-corrected chi connectivity index (χ0v) is 20.6. The molecule has 8 nitrogen and oxygen atoms in total. The maximum atomic E-state index is 12.7. The molecule has 2 heterocycles. The van der Waals surface area contributed by atoms with E-state index in [0.29, 0.717) is 48.8 Å². The summed E-state index contributed by atoms with van der Waals surface area (Å²) in [5, 5.41) is 4.43. The second-order valence-corrected chi connectivity index (χ2v) is 10.1. The van der Waals surface area contributed by atoms with Gasteiger partial charge in [0.25, 0.3) is 5.91 Å². The number of amides is 2. The summed E-state index contributed by atoms with van der Waals surface area (Å²) >= 11 is -1.10. The lowest BCUT2D eigenvalue weighted by Crippen LogP contribution is -2.47. The molecule has 1 aliphatic rings. The molecule has 0 saturated carbocycles. The normalized spacial score (nSPS) is 15.2. The number of rotatable bonds is 6. The molecule has 1 aliphatic heterocycles. The molecule has 2 aromatic carbocycles. The van der Waals surface area contributed by atoms with Crippen molar-refractivity contribution in [3.63, 3.8) is 0 Å². The molecule has 10 heteroatoms. The Hall–Kier alpha value is -2.95. The van der Waals surface area contributed by atoms with E-state index in [9.17, 15) is 18.4 Å². The molecule has 1 atom stereocenters. The first kappa shape index (κ1) is 24.2. The first-order chi connectivity index (χ1) is 16.4. The number of thiophene rings is 1. The van der Waals surface area contributed by atoms with Crippen molar-refractivity contribution in [1.82, 2.24) is 4.90 Å². The smallest absolute Gasteiger partial charge is 0.409 e. The van der Waals surface area contributed by atoms with Crippen LogP contribution in [0.15, 0.2) is 48.5 Å². The Labute approximate surface area is 204 Å². The third-order valence-corrected chi connectivity index (χ3v) is 7.65. The lowest BCUT2D eigenvalue weighted by atomic mass is 10.0. The number of ether oxygens (including phenoxy) is 1. The summed E-state index contributed by atoms with van der Waals surface area (Å²) in [5.74, 6) is -0.202. The highest BCUT2D eigenvalue weighted by atomic mass is 32.2. The number of carbonyl (C=O) groups excluding carboxylic acids is 2. The number of benzene rings is 2. The average molecular weight is 501 g/mol. The van der Waals surface area contributed by atoms with E-state index in [1.165, 1.54) is 15.6 Å². The fraction of sp³-hybridized carbons (Fsp3) is 0.333. The minimum atomic E-state index is -2.51. The van der Waals surface area contributed by atoms with E-state index >= 15 is 0 Å². The largest absolute Gasteiger partial charge is 0.755 e. The van der Waals surface area contributed by atoms with Crippen molar-refractivity contribution < 1.29 is 23.1 Å². The van der Waals surface area contributed by atoms with Crippen LogP contribution in [-0.2, 0) is 16.0 Å². The summed E-state index contributed by atoms with van der Waals surface area (Å²) in [5.41, 5.74) is 1.16. The fourth-order valence-corrected chi connectivity index (χ4v) is 5.77. The molecule has 4 rings (SSSR count). The van der Waals surface area contributed by atoms with E-state index < -0.39 is 11.3 Å². The van der Waals surface area contributed by atoms with Crippen molar-refractivity contribution in [2.75, 3.05) is 29.3 Å². The number of likely N-dealkylation sites (tertiary alicyclic amines) is 1. The van der Waals surface area contributed by atoms with E-state index in [1.54, 1.807) is 42.2 Å². The van der Waals surface area contributed by atoms with Gasteiger partial charge < -0.3 is 19.5 Å². The number of aryl methyl sites for hydroxylation is 1. The van der Waals surface area contributed by atoms with E-state index in [-0.39, 0.29) is 18.0 Å². The van der Waals surface area contributed by atoms with Gasteiger partial charge in [0.15, 0.2) is 0 Å². The molecule has 0 radical (unpaired) electrons. The van der Waals surface area contributed by atoms with Crippen molar-refractivity contribution in [3.05, 3.63) is 58.3 Å². The molecule has 34 heavy (non-hydrogen) atoms. The van der Waals surface area contributed by atoms with Gasteiger partial charge in [-0.2, -0.15) is 0 Å². The maximum absolute atomic E-state index is 12.7. The second-order valence-electron chi connectivity index (χ2n) is 8.00. The minimum absolute atomic E-state index is 0.202. The van der Waals surface area contributed by atoms with Gasteiger partial charge in [0.1, 0.15) is 0 Å². The lowest BCUT2D eigenvalue weighted by Gasteiger charge is -2.40. The van der Waals surface area contributed by atoms with Crippen molar-refractivity contribution >= 4 is 56.8 Å². The first-order valence-electron chi connectivity index (χ1n) is 11.1. The highest BCUT2D eigenvalue weighted by Crippen LogP contribution is 2.35. The average Bonchev–Trinajstić information content (AvgIpc) is 3.26. The number of anilines is 2. The molecule has 0 aliphatic carbocycles. The molecule has 0 bridgehead atoms. The number of fused-ring (bicyclic) bond motifs is 1. The Morgan fingerprint density at radius 1 is 1.15 bits per heavy atom. The maximum Gasteiger partial charge on any atom is 0.409 e. The molecule has 1 saturated heterocycles. The van der Waals surface area contributed by atoms with E-state index in [2.05, 4.69) is 5.32 Å². The Morgan fingerprint density at radius 2 is 1.85 bits per heavy atom. The summed E-state index contributed by atoms with van der Waals surface area (Å²) in [4.78, 5) is 28.0. The highest BCUT2D eigenvalue weighted by molar-refractivity contribution is 7.80. The summed E-state index contributed by atoms with van der Waals surface area (Å²) < 4.78 is 31.2. The second kappa shape index (κ2) is 10.5. The molecule has 1 N–H and O–H groups in total. The number of carbonyl (C=O) groups is 2. The van der Waals surface area contributed by atoms with Gasteiger partial charge in [0.2, 0.25) is 0 Å². The van der Waals surface area contributed by atoms with Crippen LogP contribution in [0, 0.1) is 6.92 Å². The quantitative estimate of drug-likeness (QED) is 0.495. The van der Waals surface area contributed by atoms with Crippen LogP contribution in [-0.4, -0.2) is 51.4 Å². The van der Waals surface area contributed by atoms with Crippen LogP contribution in [0.1, 0.15) is 34.3 Å². The molecular weight excluding hydrogens is 474 g/mol. The van der Waals surface area contributed by atoms with Gasteiger partial charge in [0, 0.05) is 51.7 Å². The van der Waals surface area contributed by atoms with Crippen molar-refractivity contribution in [2.45, 2.75) is 32.7 Å². The predicted molar refractivity (Wildman–Crippen MR) is 134 cm³/mol. The lowest BCUT2D eigenvalue weighted by molar-refractivity contribution is 0.0975. The number of nitrogens with zero attached hydrogens (tertiary/aromatic N) is 2. The Morgan fingerprint density at radius 3 is 2.50 bits per heavy atom. The summed E-state index contributed by atoms with van der Waals surface area (Å²) in [6, 6.07) is 14.3. The van der Waals surface area contributed by atoms with Gasteiger partial charge in [-0.3, -0.25) is 13.3 Å². The van der Waals surface area contributed by atoms with Crippen LogP contribution in [0.5, 0.6) is 0 Å². The Balaban J connectivity index is 1.61. The molecule has 1 aromatic heterocycles. The highest BCUT2D eigenvalue weighted by Gasteiger charge is 2.29. The first-order valence-corrected chi connectivity index (χ1v) is 12.9. The van der Waals surface area contributed by atoms with E-state index in [4.69, 9.17) is 4.74 Å². The number of hydrogen-bond acceptors (Lipinski definition) is 6. The van der Waals surface area contributed by atoms with Crippen LogP contribution in [0.2, 0.25) is 0 Å². The minimum Gasteiger partial charge on any atom is -0.755 e. The predicted octanol–water partition coefficient (Wildman–Crippen LogP) is 4.68. The zero-order valence-electron chi connectivity index (χ0n) is 19.0. The molecular formula is C24H26N3O5S2-. The standard InChI is InChI=1S/C24H27N3O5S2/c1-3-32-24(29)26-14-12-17(13-15-26)27(34(30)31)21-9-5-6-18-19(21)7-4-8-20(18)25-23(28)22-11-10-16(2)33-22/h4-11,17H,3,12-15H2,1-2H3,(H,25,28)(H,30,31)/p-1. The van der Waals surface area contributed by atoms with Gasteiger partial charge in [0.05, 0.1) is 17.2 Å². The van der Waals surface area contributed by atoms with E-state index in [1.807, 2.05) is 25.1 Å². The summed E-state index contributed by atoms with van der Waals surface area (Å²) in [7, 11) is 0. The van der Waals surface area contributed by atoms with E-state index in [0.717, 1.165) is 15.6 Å². The summed E-state index contributed by atoms with van der Waals surface area (Å²) in [6.45, 7) is 4.84. The molecule has 3 aromatic rings. The fourth-order valence-electron chi connectivity index (χ4n) is 4.23. The van der Waals surface area contributed by atoms with Crippen molar-refractivity contribution in [3.8, 4) is 0 Å². The molecule has 1 fully saturated rings. The van der Waals surface area contributed by atoms with Crippen molar-refractivity contribution in [2.24, 2.45) is 0 Å². The third kappa shape index (κ3) is 5.08. The van der Waals surface area contributed by atoms with Gasteiger partial charge in [-0.15, -0.1) is 11.3 Å². The van der Waals surface area contributed by atoms with Gasteiger partial charge in [-0.1, -0.05) is 24.3 Å². The molecule has 0 spiro atoms. The summed E-state index contributed by atoms with van der Waals surface area (Å²) in [6.07, 6.45) is 0.622. The Bertz CT molecular complexity index is 1220. The monoisotopic (exact) mass is 500 g/mol. The topological polar surface area (TPSA) is 102 Å². The SMILES string of the molecule is CCOC(=O)N1CCC(N(c2cccc3c(NC(=O)c4ccc(C)s4)cccc23)S(=O)[O-])CC1. The van der Waals surface area contributed by atoms with Gasteiger partial charge in [-0.25, -0.2) is 4.79 Å². The third-order valence-electron chi connectivity index (χ3n) is 5.83. The van der Waals surface area contributed by atoms with Crippen LogP contribution in [0.25, 0.3) is 10.8 Å². The molecule has 1 unspecified atom stereocenters. The number of hydrogen-bond donors (Lipinski definition) is 1. The van der Waals surface area contributed by atoms with Gasteiger partial charge in [-0.05, 0) is 51.0 Å².